The van der Waals surface area contributed by atoms with Crippen molar-refractivity contribution in [1.82, 2.24) is 10.3 Å². The molecule has 0 saturated heterocycles. The second-order valence-electron chi connectivity index (χ2n) is 7.11. The summed E-state index contributed by atoms with van der Waals surface area (Å²) in [6, 6.07) is 0.886. The molecule has 0 radical (unpaired) electrons. The van der Waals surface area contributed by atoms with Gasteiger partial charge < -0.3 is 10.4 Å². The maximum absolute atomic E-state index is 9.58. The lowest BCUT2D eigenvalue weighted by Crippen LogP contribution is -2.36. The molecule has 2 rings (SSSR count). The molecule has 1 heterocycles. The summed E-state index contributed by atoms with van der Waals surface area (Å²) in [5.41, 5.74) is 1.29. The molecule has 1 aromatic rings. The maximum Gasteiger partial charge on any atom is 0.0985 e. The molecule has 114 valence electrons. The summed E-state index contributed by atoms with van der Waals surface area (Å²) in [6.45, 7) is 11.0. The summed E-state index contributed by atoms with van der Waals surface area (Å²) >= 11 is 1.84. The Morgan fingerprint density at radius 1 is 1.25 bits per heavy atom. The number of thiazole rings is 1. The Kier molecular flexibility index (Phi) is 4.88. The van der Waals surface area contributed by atoms with Gasteiger partial charge in [-0.25, -0.2) is 4.98 Å². The number of hydrogen-bond donors (Lipinski definition) is 2. The number of nitrogens with one attached hydrogen (secondary N) is 1. The van der Waals surface area contributed by atoms with Crippen molar-refractivity contribution < 1.29 is 5.11 Å². The predicted molar refractivity (Wildman–Crippen MR) is 85.4 cm³/mol. The number of rotatable bonds is 3. The van der Waals surface area contributed by atoms with Crippen LogP contribution in [0.15, 0.2) is 0 Å². The lowest BCUT2D eigenvalue weighted by atomic mass is 9.92. The van der Waals surface area contributed by atoms with Crippen LogP contribution >= 0.6 is 11.3 Å². The second kappa shape index (κ2) is 6.12. The van der Waals surface area contributed by atoms with E-state index in [1.807, 2.05) is 11.3 Å². The molecule has 1 aromatic heterocycles. The van der Waals surface area contributed by atoms with Crippen LogP contribution in [-0.2, 0) is 5.41 Å². The van der Waals surface area contributed by atoms with E-state index in [-0.39, 0.29) is 11.5 Å². The van der Waals surface area contributed by atoms with Gasteiger partial charge in [-0.05, 0) is 39.5 Å². The van der Waals surface area contributed by atoms with Gasteiger partial charge in [-0.3, -0.25) is 0 Å². The van der Waals surface area contributed by atoms with Gasteiger partial charge in [0.15, 0.2) is 0 Å². The Hall–Kier alpha value is -0.450. The molecule has 2 N–H and O–H groups in total. The third-order valence-corrected chi connectivity index (χ3v) is 5.82. The van der Waals surface area contributed by atoms with Crippen LogP contribution in [0.4, 0.5) is 0 Å². The van der Waals surface area contributed by atoms with Crippen LogP contribution in [0.25, 0.3) is 0 Å². The van der Waals surface area contributed by atoms with Crippen LogP contribution in [0.3, 0.4) is 0 Å². The van der Waals surface area contributed by atoms with E-state index in [4.69, 9.17) is 4.98 Å². The SMILES string of the molecule is Cc1nc(C(C)(C)C)sc1C(C)NC1CCC(O)CC1. The van der Waals surface area contributed by atoms with E-state index in [1.165, 1.54) is 9.88 Å². The molecule has 1 aliphatic rings. The molecule has 0 aliphatic heterocycles. The van der Waals surface area contributed by atoms with Crippen molar-refractivity contribution in [2.24, 2.45) is 0 Å². The molecule has 0 bridgehead atoms. The number of aliphatic hydroxyl groups is 1. The average Bonchev–Trinajstić information content (AvgIpc) is 2.74. The molecule has 4 heteroatoms. The summed E-state index contributed by atoms with van der Waals surface area (Å²) in [6.07, 6.45) is 3.94. The largest absolute Gasteiger partial charge is 0.393 e. The van der Waals surface area contributed by atoms with Crippen LogP contribution in [0.1, 0.15) is 75.0 Å². The number of nitrogens with zero attached hydrogens (tertiary/aromatic N) is 1. The van der Waals surface area contributed by atoms with Crippen LogP contribution in [0.2, 0.25) is 0 Å². The molecule has 1 aliphatic carbocycles. The molecule has 0 spiro atoms. The molecule has 20 heavy (non-hydrogen) atoms. The first-order chi connectivity index (χ1) is 9.27. The Bertz CT molecular complexity index is 442. The fraction of sp³-hybridized carbons (Fsp3) is 0.812. The van der Waals surface area contributed by atoms with Gasteiger partial charge in [0, 0.05) is 22.4 Å². The third kappa shape index (κ3) is 3.80. The molecule has 0 aromatic carbocycles. The molecular formula is C16H28N2OS. The van der Waals surface area contributed by atoms with E-state index in [0.717, 1.165) is 31.4 Å². The third-order valence-electron chi connectivity index (χ3n) is 4.05. The highest BCUT2D eigenvalue weighted by molar-refractivity contribution is 7.12. The van der Waals surface area contributed by atoms with Crippen molar-refractivity contribution in [2.75, 3.05) is 0 Å². The first-order valence-electron chi connectivity index (χ1n) is 7.69. The first-order valence-corrected chi connectivity index (χ1v) is 8.51. The fourth-order valence-electron chi connectivity index (χ4n) is 2.80. The van der Waals surface area contributed by atoms with E-state index < -0.39 is 0 Å². The first kappa shape index (κ1) is 15.9. The minimum Gasteiger partial charge on any atom is -0.393 e. The monoisotopic (exact) mass is 296 g/mol. The van der Waals surface area contributed by atoms with Gasteiger partial charge in [-0.2, -0.15) is 0 Å². The van der Waals surface area contributed by atoms with Crippen molar-refractivity contribution in [3.8, 4) is 0 Å². The highest BCUT2D eigenvalue weighted by Crippen LogP contribution is 2.33. The highest BCUT2D eigenvalue weighted by Gasteiger charge is 2.25. The normalized spacial score (nSPS) is 25.7. The molecule has 1 saturated carbocycles. The van der Waals surface area contributed by atoms with Gasteiger partial charge >= 0.3 is 0 Å². The fourth-order valence-corrected chi connectivity index (χ4v) is 3.94. The molecule has 1 atom stereocenters. The smallest absolute Gasteiger partial charge is 0.0985 e. The van der Waals surface area contributed by atoms with E-state index in [1.54, 1.807) is 0 Å². The van der Waals surface area contributed by atoms with Crippen molar-refractivity contribution in [3.63, 3.8) is 0 Å². The quantitative estimate of drug-likeness (QED) is 0.894. The topological polar surface area (TPSA) is 45.2 Å². The Morgan fingerprint density at radius 3 is 2.35 bits per heavy atom. The Balaban J connectivity index is 2.02. The molecule has 0 amide bonds. The van der Waals surface area contributed by atoms with Crippen LogP contribution in [-0.4, -0.2) is 22.2 Å². The number of aromatic nitrogens is 1. The Labute approximate surface area is 126 Å². The van der Waals surface area contributed by atoms with Gasteiger partial charge in [0.2, 0.25) is 0 Å². The predicted octanol–water partition coefficient (Wildman–Crippen LogP) is 3.70. The van der Waals surface area contributed by atoms with Gasteiger partial charge in [0.05, 0.1) is 16.8 Å². The molecular weight excluding hydrogens is 268 g/mol. The van der Waals surface area contributed by atoms with Crippen molar-refractivity contribution in [3.05, 3.63) is 15.6 Å². The van der Waals surface area contributed by atoms with Crippen molar-refractivity contribution >= 4 is 11.3 Å². The maximum atomic E-state index is 9.58. The van der Waals surface area contributed by atoms with Crippen molar-refractivity contribution in [1.29, 1.82) is 0 Å². The minimum atomic E-state index is -0.0824. The molecule has 3 nitrogen and oxygen atoms in total. The zero-order chi connectivity index (χ0) is 14.9. The lowest BCUT2D eigenvalue weighted by molar-refractivity contribution is 0.114. The number of aryl methyl sites for hydroxylation is 1. The van der Waals surface area contributed by atoms with Gasteiger partial charge in [0.25, 0.3) is 0 Å². The summed E-state index contributed by atoms with van der Waals surface area (Å²) < 4.78 is 0. The average molecular weight is 296 g/mol. The summed E-state index contributed by atoms with van der Waals surface area (Å²) in [5.74, 6) is 0. The zero-order valence-electron chi connectivity index (χ0n) is 13.4. The number of aliphatic hydroxyl groups excluding tert-OH is 1. The second-order valence-corrected chi connectivity index (χ2v) is 8.14. The van der Waals surface area contributed by atoms with E-state index in [9.17, 15) is 5.11 Å². The minimum absolute atomic E-state index is 0.0824. The Morgan fingerprint density at radius 2 is 1.85 bits per heavy atom. The lowest BCUT2D eigenvalue weighted by Gasteiger charge is -2.28. The van der Waals surface area contributed by atoms with Crippen LogP contribution < -0.4 is 5.32 Å². The van der Waals surface area contributed by atoms with Gasteiger partial charge in [-0.15, -0.1) is 11.3 Å². The molecule has 1 fully saturated rings. The number of hydrogen-bond acceptors (Lipinski definition) is 4. The van der Waals surface area contributed by atoms with E-state index >= 15 is 0 Å². The van der Waals surface area contributed by atoms with Gasteiger partial charge in [0.1, 0.15) is 0 Å². The van der Waals surface area contributed by atoms with Crippen molar-refractivity contribution in [2.45, 2.75) is 83.9 Å². The van der Waals surface area contributed by atoms with E-state index in [0.29, 0.717) is 12.1 Å². The van der Waals surface area contributed by atoms with E-state index in [2.05, 4.69) is 39.9 Å². The summed E-state index contributed by atoms with van der Waals surface area (Å²) in [7, 11) is 0. The van der Waals surface area contributed by atoms with Crippen LogP contribution in [0.5, 0.6) is 0 Å². The van der Waals surface area contributed by atoms with Gasteiger partial charge in [-0.1, -0.05) is 20.8 Å². The zero-order valence-corrected chi connectivity index (χ0v) is 14.2. The van der Waals surface area contributed by atoms with Crippen LogP contribution in [0, 0.1) is 6.92 Å². The molecule has 1 unspecified atom stereocenters. The summed E-state index contributed by atoms with van der Waals surface area (Å²) in [4.78, 5) is 6.11. The highest BCUT2D eigenvalue weighted by atomic mass is 32.1. The summed E-state index contributed by atoms with van der Waals surface area (Å²) in [5, 5.41) is 14.5. The standard InChI is InChI=1S/C16H28N2OS/c1-10(17-12-6-8-13(19)9-7-12)14-11(2)18-15(20-14)16(3,4)5/h10,12-13,17,19H,6-9H2,1-5H3.